The third-order valence-electron chi connectivity index (χ3n) is 6.57. The van der Waals surface area contributed by atoms with Gasteiger partial charge in [-0.1, -0.05) is 52.3 Å². The molecule has 1 saturated heterocycles. The van der Waals surface area contributed by atoms with Crippen LogP contribution < -0.4 is 10.6 Å². The smallest absolute Gasteiger partial charge is 0.326 e. The van der Waals surface area contributed by atoms with Gasteiger partial charge >= 0.3 is 5.97 Å². The van der Waals surface area contributed by atoms with Gasteiger partial charge in [-0.3, -0.25) is 14.4 Å². The average Bonchev–Trinajstić information content (AvgIpc) is 3.18. The number of aliphatic carboxylic acids is 1. The predicted octanol–water partition coefficient (Wildman–Crippen LogP) is 2.79. The van der Waals surface area contributed by atoms with Gasteiger partial charge in [0, 0.05) is 10.3 Å². The molecule has 2 aliphatic rings. The van der Waals surface area contributed by atoms with E-state index in [2.05, 4.69) is 10.6 Å². The molecule has 0 radical (unpaired) electrons. The SMILES string of the molecule is CC[C@H](C)[C@H](NC(=O)[C@@H](NC(=O)[C@H]1N2C(=O)c3ccccc3[C@@H]2SC1(C)C)C(C)C)C(=O)O. The van der Waals surface area contributed by atoms with Gasteiger partial charge in [-0.25, -0.2) is 4.79 Å². The van der Waals surface area contributed by atoms with E-state index in [1.54, 1.807) is 49.6 Å². The van der Waals surface area contributed by atoms with Gasteiger partial charge in [0.15, 0.2) is 0 Å². The summed E-state index contributed by atoms with van der Waals surface area (Å²) in [5, 5.41) is 14.7. The highest BCUT2D eigenvalue weighted by Gasteiger charge is 2.57. The monoisotopic (exact) mass is 475 g/mol. The first-order valence-corrected chi connectivity index (χ1v) is 12.2. The van der Waals surface area contributed by atoms with Gasteiger partial charge in [0.05, 0.1) is 0 Å². The Morgan fingerprint density at radius 2 is 1.76 bits per heavy atom. The molecule has 0 spiro atoms. The Labute approximate surface area is 198 Å². The first-order valence-electron chi connectivity index (χ1n) is 11.3. The Morgan fingerprint density at radius 3 is 2.33 bits per heavy atom. The van der Waals surface area contributed by atoms with Gasteiger partial charge < -0.3 is 20.6 Å². The number of carboxylic acid groups (broad SMARTS) is 1. The number of carboxylic acids is 1. The van der Waals surface area contributed by atoms with Crippen LogP contribution in [0.2, 0.25) is 0 Å². The number of benzene rings is 1. The second-order valence-electron chi connectivity index (χ2n) is 9.72. The molecule has 3 rings (SSSR count). The summed E-state index contributed by atoms with van der Waals surface area (Å²) < 4.78 is -0.573. The normalized spacial score (nSPS) is 23.5. The van der Waals surface area contributed by atoms with Crippen molar-refractivity contribution in [3.05, 3.63) is 35.4 Å². The van der Waals surface area contributed by atoms with Crippen molar-refractivity contribution in [2.45, 2.75) is 76.2 Å². The zero-order valence-corrected chi connectivity index (χ0v) is 20.7. The zero-order valence-electron chi connectivity index (χ0n) is 19.9. The summed E-state index contributed by atoms with van der Waals surface area (Å²) in [4.78, 5) is 53.0. The summed E-state index contributed by atoms with van der Waals surface area (Å²) in [6.45, 7) is 11.0. The number of nitrogens with one attached hydrogen (secondary N) is 2. The second-order valence-corrected chi connectivity index (χ2v) is 11.5. The minimum Gasteiger partial charge on any atom is -0.480 e. The molecule has 2 aliphatic heterocycles. The number of nitrogens with zero attached hydrogens (tertiary/aromatic N) is 1. The maximum absolute atomic E-state index is 13.5. The summed E-state index contributed by atoms with van der Waals surface area (Å²) in [6.07, 6.45) is 0.586. The molecule has 33 heavy (non-hydrogen) atoms. The highest BCUT2D eigenvalue weighted by atomic mass is 32.2. The van der Waals surface area contributed by atoms with E-state index in [9.17, 15) is 24.3 Å². The van der Waals surface area contributed by atoms with E-state index in [0.29, 0.717) is 12.0 Å². The van der Waals surface area contributed by atoms with Crippen molar-refractivity contribution in [3.8, 4) is 0 Å². The van der Waals surface area contributed by atoms with Crippen LogP contribution in [0, 0.1) is 11.8 Å². The first kappa shape index (κ1) is 25.1. The summed E-state index contributed by atoms with van der Waals surface area (Å²) >= 11 is 1.55. The largest absolute Gasteiger partial charge is 0.480 e. The van der Waals surface area contributed by atoms with Crippen molar-refractivity contribution in [2.24, 2.45) is 11.8 Å². The third kappa shape index (κ3) is 4.60. The molecular weight excluding hydrogens is 442 g/mol. The van der Waals surface area contributed by atoms with Gasteiger partial charge in [0.1, 0.15) is 23.5 Å². The Balaban J connectivity index is 1.82. The fourth-order valence-corrected chi connectivity index (χ4v) is 6.09. The molecule has 1 aromatic carbocycles. The maximum Gasteiger partial charge on any atom is 0.326 e. The number of carbonyl (C=O) groups is 4. The van der Waals surface area contributed by atoms with Crippen molar-refractivity contribution < 1.29 is 24.3 Å². The predicted molar refractivity (Wildman–Crippen MR) is 127 cm³/mol. The topological polar surface area (TPSA) is 116 Å². The van der Waals surface area contributed by atoms with Crippen LogP contribution in [0.5, 0.6) is 0 Å². The molecule has 3 N–H and O–H groups in total. The number of amides is 3. The van der Waals surface area contributed by atoms with Crippen molar-refractivity contribution in [2.75, 3.05) is 0 Å². The number of hydrogen-bond acceptors (Lipinski definition) is 5. The van der Waals surface area contributed by atoms with Gasteiger partial charge in [0.2, 0.25) is 11.8 Å². The van der Waals surface area contributed by atoms with E-state index < -0.39 is 40.7 Å². The van der Waals surface area contributed by atoms with E-state index >= 15 is 0 Å². The summed E-state index contributed by atoms with van der Waals surface area (Å²) in [5.41, 5.74) is 1.49. The molecule has 0 unspecified atom stereocenters. The molecule has 1 aromatic rings. The van der Waals surface area contributed by atoms with Gasteiger partial charge in [-0.05, 0) is 37.3 Å². The molecule has 8 nitrogen and oxygen atoms in total. The summed E-state index contributed by atoms with van der Waals surface area (Å²) in [5.74, 6) is -2.80. The molecule has 180 valence electrons. The van der Waals surface area contributed by atoms with Crippen LogP contribution in [0.15, 0.2) is 24.3 Å². The van der Waals surface area contributed by atoms with E-state index in [1.165, 1.54) is 0 Å². The molecule has 3 amide bonds. The van der Waals surface area contributed by atoms with Crippen LogP contribution in [0.3, 0.4) is 0 Å². The molecule has 0 saturated carbocycles. The number of rotatable bonds is 8. The average molecular weight is 476 g/mol. The number of hydrogen-bond donors (Lipinski definition) is 3. The lowest BCUT2D eigenvalue weighted by Crippen LogP contribution is -2.60. The minimum atomic E-state index is -1.11. The Kier molecular flexibility index (Phi) is 7.12. The van der Waals surface area contributed by atoms with Crippen molar-refractivity contribution in [3.63, 3.8) is 0 Å². The fraction of sp³-hybridized carbons (Fsp3) is 0.583. The van der Waals surface area contributed by atoms with E-state index in [1.807, 2.05) is 32.9 Å². The Hall–Kier alpha value is -2.55. The molecule has 0 aliphatic carbocycles. The standard InChI is InChI=1S/C24H33N3O5S/c1-7-13(4)17(23(31)32)26-19(28)16(12(2)3)25-20(29)18-24(5,6)33-22-15-11-9-8-10-14(15)21(30)27(18)22/h8-13,16-18,22H,7H2,1-6H3,(H,25,29)(H,26,28)(H,31,32)/t13-,16-,17-,18+,22-/m0/s1. The lowest BCUT2D eigenvalue weighted by atomic mass is 9.96. The Morgan fingerprint density at radius 1 is 1.12 bits per heavy atom. The fourth-order valence-electron chi connectivity index (χ4n) is 4.50. The quantitative estimate of drug-likeness (QED) is 0.533. The molecule has 0 aromatic heterocycles. The van der Waals surface area contributed by atoms with Gasteiger partial charge in [-0.2, -0.15) is 0 Å². The highest BCUT2D eigenvalue weighted by molar-refractivity contribution is 8.01. The molecule has 9 heteroatoms. The second kappa shape index (κ2) is 9.37. The molecule has 2 heterocycles. The number of carbonyl (C=O) groups excluding carboxylic acids is 3. The number of thioether (sulfide) groups is 1. The van der Waals surface area contributed by atoms with Crippen LogP contribution in [0.4, 0.5) is 0 Å². The molecule has 0 bridgehead atoms. The zero-order chi connectivity index (χ0) is 24.7. The van der Waals surface area contributed by atoms with Gasteiger partial charge in [0.25, 0.3) is 5.91 Å². The lowest BCUT2D eigenvalue weighted by Gasteiger charge is -2.32. The number of fused-ring (bicyclic) bond motifs is 3. The van der Waals surface area contributed by atoms with E-state index in [0.717, 1.165) is 5.56 Å². The Bertz CT molecular complexity index is 963. The maximum atomic E-state index is 13.5. The van der Waals surface area contributed by atoms with E-state index in [-0.39, 0.29) is 23.1 Å². The summed E-state index contributed by atoms with van der Waals surface area (Å²) in [7, 11) is 0. The molecular formula is C24H33N3O5S. The first-order chi connectivity index (χ1) is 15.4. The van der Waals surface area contributed by atoms with Crippen LogP contribution >= 0.6 is 11.8 Å². The van der Waals surface area contributed by atoms with Crippen molar-refractivity contribution in [1.29, 1.82) is 0 Å². The van der Waals surface area contributed by atoms with Crippen LogP contribution in [-0.4, -0.2) is 56.6 Å². The van der Waals surface area contributed by atoms with Crippen LogP contribution in [0.25, 0.3) is 0 Å². The lowest BCUT2D eigenvalue weighted by molar-refractivity contribution is -0.144. The van der Waals surface area contributed by atoms with Crippen molar-refractivity contribution in [1.82, 2.24) is 15.5 Å². The van der Waals surface area contributed by atoms with E-state index in [4.69, 9.17) is 0 Å². The van der Waals surface area contributed by atoms with Crippen LogP contribution in [0.1, 0.15) is 69.3 Å². The highest BCUT2D eigenvalue weighted by Crippen LogP contribution is 2.56. The van der Waals surface area contributed by atoms with Crippen LogP contribution in [-0.2, 0) is 14.4 Å². The van der Waals surface area contributed by atoms with Crippen molar-refractivity contribution >= 4 is 35.5 Å². The van der Waals surface area contributed by atoms with Gasteiger partial charge in [-0.15, -0.1) is 11.8 Å². The molecule has 1 fully saturated rings. The summed E-state index contributed by atoms with van der Waals surface area (Å²) in [6, 6.07) is 4.62. The minimum absolute atomic E-state index is 0.193. The molecule has 5 atom stereocenters. The third-order valence-corrected chi connectivity index (χ3v) is 8.10.